The first kappa shape index (κ1) is 21.5. The summed E-state index contributed by atoms with van der Waals surface area (Å²) in [5, 5.41) is 12.9. The highest BCUT2D eigenvalue weighted by molar-refractivity contribution is 6.05. The van der Waals surface area contributed by atoms with Crippen LogP contribution in [0, 0.1) is 6.92 Å². The van der Waals surface area contributed by atoms with Gasteiger partial charge < -0.3 is 9.73 Å². The molecule has 1 N–H and O–H groups in total. The Morgan fingerprint density at radius 2 is 1.53 bits per heavy atom. The van der Waals surface area contributed by atoms with Gasteiger partial charge in [0.25, 0.3) is 5.91 Å². The number of rotatable bonds is 4. The van der Waals surface area contributed by atoms with Crippen molar-refractivity contribution in [3.05, 3.63) is 119 Å². The van der Waals surface area contributed by atoms with Gasteiger partial charge >= 0.3 is 5.63 Å². The highest BCUT2D eigenvalue weighted by atomic mass is 16.4. The number of benzene rings is 4. The minimum Gasteiger partial charge on any atom is -0.422 e. The number of aryl methyl sites for hydroxylation is 1. The number of carbonyl (C=O) groups is 1. The summed E-state index contributed by atoms with van der Waals surface area (Å²) in [4.78, 5) is 27.0. The Balaban J connectivity index is 1.26. The maximum absolute atomic E-state index is 13.0. The van der Waals surface area contributed by atoms with Crippen LogP contribution in [0.4, 0.5) is 5.69 Å². The smallest absolute Gasteiger partial charge is 0.344 e. The summed E-state index contributed by atoms with van der Waals surface area (Å²) in [5.74, 6) is -0.259. The van der Waals surface area contributed by atoms with Crippen molar-refractivity contribution in [3.63, 3.8) is 0 Å². The van der Waals surface area contributed by atoms with E-state index in [-0.39, 0.29) is 5.91 Å². The number of nitrogens with zero attached hydrogens (tertiary/aromatic N) is 3. The molecular weight excluding hydrogens is 452 g/mol. The molecule has 6 aromatic rings. The van der Waals surface area contributed by atoms with Crippen LogP contribution in [-0.4, -0.2) is 20.9 Å². The predicted molar refractivity (Wildman–Crippen MR) is 139 cm³/mol. The van der Waals surface area contributed by atoms with Gasteiger partial charge in [-0.1, -0.05) is 48.5 Å². The number of fused-ring (bicyclic) bond motifs is 2. The number of hydrogen-bond acceptors (Lipinski definition) is 5. The molecular formula is C29H20N4O3. The second-order valence-corrected chi connectivity index (χ2v) is 8.50. The summed E-state index contributed by atoms with van der Waals surface area (Å²) in [6, 6.07) is 29.4. The second kappa shape index (κ2) is 8.63. The van der Waals surface area contributed by atoms with Crippen molar-refractivity contribution >= 4 is 33.6 Å². The van der Waals surface area contributed by atoms with Gasteiger partial charge in [-0.25, -0.2) is 4.79 Å². The zero-order chi connectivity index (χ0) is 24.6. The molecule has 0 fully saturated rings. The molecule has 0 atom stereocenters. The molecule has 0 aliphatic carbocycles. The van der Waals surface area contributed by atoms with Crippen LogP contribution in [-0.2, 0) is 0 Å². The van der Waals surface area contributed by atoms with Crippen molar-refractivity contribution in [2.24, 2.45) is 0 Å². The summed E-state index contributed by atoms with van der Waals surface area (Å²) < 4.78 is 5.43. The standard InChI is InChI=1S/C29H20N4O3/c1-18-15-25-26(32-33(31-25)22-8-3-2-4-9-22)17-24(18)30-28(34)20-13-11-19(12-14-20)23-16-21-7-5-6-10-27(21)36-29(23)35/h2-17H,1H3,(H,30,34). The fourth-order valence-corrected chi connectivity index (χ4v) is 4.14. The van der Waals surface area contributed by atoms with Crippen LogP contribution >= 0.6 is 0 Å². The van der Waals surface area contributed by atoms with Crippen molar-refractivity contribution in [2.45, 2.75) is 6.92 Å². The maximum atomic E-state index is 13.0. The van der Waals surface area contributed by atoms with E-state index in [2.05, 4.69) is 15.5 Å². The molecule has 6 rings (SSSR count). The highest BCUT2D eigenvalue weighted by Crippen LogP contribution is 2.24. The van der Waals surface area contributed by atoms with Gasteiger partial charge in [-0.2, -0.15) is 4.80 Å². The topological polar surface area (TPSA) is 90.0 Å². The first-order valence-corrected chi connectivity index (χ1v) is 11.4. The van der Waals surface area contributed by atoms with Crippen LogP contribution < -0.4 is 10.9 Å². The first-order valence-electron chi connectivity index (χ1n) is 11.4. The lowest BCUT2D eigenvalue weighted by atomic mass is 10.0. The van der Waals surface area contributed by atoms with E-state index in [1.54, 1.807) is 41.2 Å². The average molecular weight is 473 g/mol. The van der Waals surface area contributed by atoms with Gasteiger partial charge in [0.1, 0.15) is 16.6 Å². The van der Waals surface area contributed by atoms with Gasteiger partial charge in [0.2, 0.25) is 0 Å². The molecule has 0 unspecified atom stereocenters. The van der Waals surface area contributed by atoms with E-state index in [0.717, 1.165) is 22.2 Å². The largest absolute Gasteiger partial charge is 0.422 e. The number of aromatic nitrogens is 3. The van der Waals surface area contributed by atoms with Crippen LogP contribution in [0.3, 0.4) is 0 Å². The van der Waals surface area contributed by atoms with E-state index in [9.17, 15) is 9.59 Å². The molecule has 174 valence electrons. The van der Waals surface area contributed by atoms with Gasteiger partial charge in [-0.05, 0) is 66.6 Å². The fourth-order valence-electron chi connectivity index (χ4n) is 4.14. The van der Waals surface area contributed by atoms with Crippen LogP contribution in [0.25, 0.3) is 38.8 Å². The Hall–Kier alpha value is -5.04. The van der Waals surface area contributed by atoms with Crippen LogP contribution in [0.5, 0.6) is 0 Å². The first-order chi connectivity index (χ1) is 17.5. The van der Waals surface area contributed by atoms with Gasteiger partial charge in [-0.3, -0.25) is 4.79 Å². The maximum Gasteiger partial charge on any atom is 0.344 e. The molecule has 4 aromatic carbocycles. The number of carbonyl (C=O) groups excluding carboxylic acids is 1. The second-order valence-electron chi connectivity index (χ2n) is 8.50. The van der Waals surface area contributed by atoms with Gasteiger partial charge in [0.15, 0.2) is 0 Å². The number of para-hydroxylation sites is 2. The molecule has 0 aliphatic rings. The lowest BCUT2D eigenvalue weighted by Gasteiger charge is -2.09. The third-order valence-electron chi connectivity index (χ3n) is 6.06. The van der Waals surface area contributed by atoms with E-state index < -0.39 is 5.63 Å². The van der Waals surface area contributed by atoms with Crippen LogP contribution in [0.15, 0.2) is 106 Å². The van der Waals surface area contributed by atoms with E-state index in [0.29, 0.717) is 33.5 Å². The zero-order valence-corrected chi connectivity index (χ0v) is 19.3. The van der Waals surface area contributed by atoms with Crippen molar-refractivity contribution in [3.8, 4) is 16.8 Å². The Bertz CT molecular complexity index is 1800. The highest BCUT2D eigenvalue weighted by Gasteiger charge is 2.13. The molecule has 1 amide bonds. The van der Waals surface area contributed by atoms with Gasteiger partial charge in [0.05, 0.1) is 11.3 Å². The summed E-state index contributed by atoms with van der Waals surface area (Å²) in [5.41, 5.74) is 5.54. The normalized spacial score (nSPS) is 11.1. The summed E-state index contributed by atoms with van der Waals surface area (Å²) in [6.07, 6.45) is 0. The molecule has 0 saturated carbocycles. The van der Waals surface area contributed by atoms with Crippen LogP contribution in [0.2, 0.25) is 0 Å². The summed E-state index contributed by atoms with van der Waals surface area (Å²) >= 11 is 0. The Morgan fingerprint density at radius 3 is 2.31 bits per heavy atom. The Labute approximate surface area is 205 Å². The molecule has 36 heavy (non-hydrogen) atoms. The van der Waals surface area contributed by atoms with E-state index >= 15 is 0 Å². The Morgan fingerprint density at radius 1 is 0.833 bits per heavy atom. The van der Waals surface area contributed by atoms with E-state index in [1.165, 1.54) is 0 Å². The summed E-state index contributed by atoms with van der Waals surface area (Å²) in [7, 11) is 0. The van der Waals surface area contributed by atoms with Crippen molar-refractivity contribution in [1.29, 1.82) is 0 Å². The lowest BCUT2D eigenvalue weighted by Crippen LogP contribution is -2.13. The molecule has 0 bridgehead atoms. The molecule has 7 nitrogen and oxygen atoms in total. The monoisotopic (exact) mass is 472 g/mol. The molecule has 0 radical (unpaired) electrons. The SMILES string of the molecule is Cc1cc2nn(-c3ccccc3)nc2cc1NC(=O)c1ccc(-c2cc3ccccc3oc2=O)cc1. The third-order valence-corrected chi connectivity index (χ3v) is 6.06. The Kier molecular flexibility index (Phi) is 5.15. The molecule has 0 spiro atoms. The van der Waals surface area contributed by atoms with Crippen molar-refractivity contribution < 1.29 is 9.21 Å². The van der Waals surface area contributed by atoms with Gasteiger partial charge in [-0.15, -0.1) is 10.2 Å². The average Bonchev–Trinajstić information content (AvgIpc) is 3.32. The minimum absolute atomic E-state index is 0.259. The van der Waals surface area contributed by atoms with Crippen LogP contribution in [0.1, 0.15) is 15.9 Å². The van der Waals surface area contributed by atoms with Crippen molar-refractivity contribution in [1.82, 2.24) is 15.0 Å². The van der Waals surface area contributed by atoms with Crippen molar-refractivity contribution in [2.75, 3.05) is 5.32 Å². The van der Waals surface area contributed by atoms with Gasteiger partial charge in [0, 0.05) is 16.6 Å². The predicted octanol–water partition coefficient (Wildman–Crippen LogP) is 5.75. The minimum atomic E-state index is -0.418. The third kappa shape index (κ3) is 3.92. The molecule has 2 aromatic heterocycles. The molecule has 0 aliphatic heterocycles. The molecule has 7 heteroatoms. The number of nitrogens with one attached hydrogen (secondary N) is 1. The zero-order valence-electron chi connectivity index (χ0n) is 19.3. The summed E-state index contributed by atoms with van der Waals surface area (Å²) in [6.45, 7) is 1.92. The number of hydrogen-bond donors (Lipinski definition) is 1. The quantitative estimate of drug-likeness (QED) is 0.330. The lowest BCUT2D eigenvalue weighted by molar-refractivity contribution is 0.102. The fraction of sp³-hybridized carbons (Fsp3) is 0.0345. The van der Waals surface area contributed by atoms with E-state index in [1.807, 2.05) is 67.6 Å². The van der Waals surface area contributed by atoms with E-state index in [4.69, 9.17) is 4.42 Å². The number of amides is 1. The molecule has 0 saturated heterocycles. The molecule has 2 heterocycles. The number of anilines is 1.